The maximum atomic E-state index is 9.02. The standard InChI is InChI=1S/C11H10N2O2/c14-10-1-2-11(13-7-10)15-8-9-3-5-12-6-4-9/h1-7,14H,8H2. The number of nitrogens with zero attached hydrogens (tertiary/aromatic N) is 2. The van der Waals surface area contributed by atoms with Crippen molar-refractivity contribution in [3.63, 3.8) is 0 Å². The maximum Gasteiger partial charge on any atom is 0.213 e. The number of hydrogen-bond acceptors (Lipinski definition) is 4. The SMILES string of the molecule is Oc1ccc(OCc2ccncc2)nc1. The van der Waals surface area contributed by atoms with Crippen molar-refractivity contribution in [1.82, 2.24) is 9.97 Å². The van der Waals surface area contributed by atoms with Crippen LogP contribution in [0.3, 0.4) is 0 Å². The average molecular weight is 202 g/mol. The monoisotopic (exact) mass is 202 g/mol. The lowest BCUT2D eigenvalue weighted by atomic mass is 10.3. The molecule has 0 spiro atoms. The summed E-state index contributed by atoms with van der Waals surface area (Å²) in [5, 5.41) is 9.02. The molecule has 0 aliphatic rings. The third-order valence-corrected chi connectivity index (χ3v) is 1.86. The minimum Gasteiger partial charge on any atom is -0.506 e. The average Bonchev–Trinajstić information content (AvgIpc) is 2.30. The van der Waals surface area contributed by atoms with Crippen LogP contribution in [-0.2, 0) is 6.61 Å². The Labute approximate surface area is 87.2 Å². The van der Waals surface area contributed by atoms with Crippen molar-refractivity contribution in [2.24, 2.45) is 0 Å². The normalized spacial score (nSPS) is 9.87. The van der Waals surface area contributed by atoms with Crippen LogP contribution in [0.2, 0.25) is 0 Å². The summed E-state index contributed by atoms with van der Waals surface area (Å²) in [6, 6.07) is 6.91. The first-order valence-electron chi connectivity index (χ1n) is 4.51. The highest BCUT2D eigenvalue weighted by molar-refractivity contribution is 5.21. The van der Waals surface area contributed by atoms with Gasteiger partial charge in [0.05, 0.1) is 6.20 Å². The molecule has 1 N–H and O–H groups in total. The lowest BCUT2D eigenvalue weighted by Crippen LogP contribution is -1.96. The summed E-state index contributed by atoms with van der Waals surface area (Å²) in [5.74, 6) is 0.621. The lowest BCUT2D eigenvalue weighted by Gasteiger charge is -2.04. The van der Waals surface area contributed by atoms with E-state index in [0.29, 0.717) is 12.5 Å². The van der Waals surface area contributed by atoms with Gasteiger partial charge < -0.3 is 9.84 Å². The fraction of sp³-hybridized carbons (Fsp3) is 0.0909. The Balaban J connectivity index is 1.96. The van der Waals surface area contributed by atoms with Gasteiger partial charge in [0.1, 0.15) is 12.4 Å². The second kappa shape index (κ2) is 4.41. The highest BCUT2D eigenvalue weighted by atomic mass is 16.5. The molecule has 2 aromatic heterocycles. The van der Waals surface area contributed by atoms with Gasteiger partial charge in [-0.05, 0) is 23.8 Å². The van der Waals surface area contributed by atoms with Gasteiger partial charge in [-0.25, -0.2) is 4.98 Å². The van der Waals surface area contributed by atoms with Gasteiger partial charge in [-0.3, -0.25) is 4.98 Å². The Morgan fingerprint density at radius 1 is 1.13 bits per heavy atom. The molecule has 0 aliphatic heterocycles. The van der Waals surface area contributed by atoms with Gasteiger partial charge in [0, 0.05) is 18.5 Å². The van der Waals surface area contributed by atoms with Crippen LogP contribution in [0.5, 0.6) is 11.6 Å². The van der Waals surface area contributed by atoms with E-state index in [-0.39, 0.29) is 5.75 Å². The summed E-state index contributed by atoms with van der Waals surface area (Å²) in [7, 11) is 0. The van der Waals surface area contributed by atoms with Crippen LogP contribution >= 0.6 is 0 Å². The van der Waals surface area contributed by atoms with Crippen molar-refractivity contribution in [3.05, 3.63) is 48.4 Å². The van der Waals surface area contributed by atoms with E-state index in [4.69, 9.17) is 9.84 Å². The van der Waals surface area contributed by atoms with E-state index in [1.165, 1.54) is 12.3 Å². The quantitative estimate of drug-likeness (QED) is 0.823. The van der Waals surface area contributed by atoms with Crippen LogP contribution in [0, 0.1) is 0 Å². The molecule has 15 heavy (non-hydrogen) atoms. The predicted octanol–water partition coefficient (Wildman–Crippen LogP) is 1.76. The van der Waals surface area contributed by atoms with E-state index in [2.05, 4.69) is 9.97 Å². The molecule has 0 unspecified atom stereocenters. The molecular formula is C11H10N2O2. The molecule has 4 heteroatoms. The summed E-state index contributed by atoms with van der Waals surface area (Å²) in [4.78, 5) is 7.81. The molecule has 0 amide bonds. The molecule has 0 saturated carbocycles. The molecule has 0 saturated heterocycles. The van der Waals surface area contributed by atoms with E-state index < -0.39 is 0 Å². The number of aromatic nitrogens is 2. The molecule has 0 atom stereocenters. The molecule has 0 aromatic carbocycles. The largest absolute Gasteiger partial charge is 0.506 e. The summed E-state index contributed by atoms with van der Waals surface area (Å²) >= 11 is 0. The third-order valence-electron chi connectivity index (χ3n) is 1.86. The smallest absolute Gasteiger partial charge is 0.213 e. The van der Waals surface area contributed by atoms with Crippen molar-refractivity contribution in [3.8, 4) is 11.6 Å². The zero-order valence-electron chi connectivity index (χ0n) is 8.00. The first kappa shape index (κ1) is 9.45. The van der Waals surface area contributed by atoms with Gasteiger partial charge in [-0.2, -0.15) is 0 Å². The van der Waals surface area contributed by atoms with Crippen molar-refractivity contribution in [2.75, 3.05) is 0 Å². The van der Waals surface area contributed by atoms with E-state index >= 15 is 0 Å². The summed E-state index contributed by atoms with van der Waals surface area (Å²) in [5.41, 5.74) is 1.03. The number of pyridine rings is 2. The zero-order valence-corrected chi connectivity index (χ0v) is 8.00. The Bertz CT molecular complexity index is 414. The van der Waals surface area contributed by atoms with Gasteiger partial charge in [-0.15, -0.1) is 0 Å². The van der Waals surface area contributed by atoms with Crippen molar-refractivity contribution >= 4 is 0 Å². The number of hydrogen-bond donors (Lipinski definition) is 1. The van der Waals surface area contributed by atoms with Gasteiger partial charge in [0.25, 0.3) is 0 Å². The van der Waals surface area contributed by atoms with Crippen LogP contribution in [0.25, 0.3) is 0 Å². The molecule has 2 heterocycles. The number of rotatable bonds is 3. The topological polar surface area (TPSA) is 55.2 Å². The van der Waals surface area contributed by atoms with Gasteiger partial charge in [-0.1, -0.05) is 0 Å². The van der Waals surface area contributed by atoms with Crippen molar-refractivity contribution in [2.45, 2.75) is 6.61 Å². The Morgan fingerprint density at radius 3 is 2.60 bits per heavy atom. The summed E-state index contributed by atoms with van der Waals surface area (Å²) < 4.78 is 5.40. The molecule has 76 valence electrons. The van der Waals surface area contributed by atoms with Gasteiger partial charge >= 0.3 is 0 Å². The fourth-order valence-electron chi connectivity index (χ4n) is 1.09. The van der Waals surface area contributed by atoms with Gasteiger partial charge in [0.2, 0.25) is 5.88 Å². The van der Waals surface area contributed by atoms with E-state index in [1.807, 2.05) is 12.1 Å². The Kier molecular flexibility index (Phi) is 2.78. The molecule has 4 nitrogen and oxygen atoms in total. The predicted molar refractivity (Wildman–Crippen MR) is 54.5 cm³/mol. The van der Waals surface area contributed by atoms with Crippen LogP contribution in [0.15, 0.2) is 42.9 Å². The molecule has 0 radical (unpaired) electrons. The Hall–Kier alpha value is -2.10. The second-order valence-corrected chi connectivity index (χ2v) is 3.00. The second-order valence-electron chi connectivity index (χ2n) is 3.00. The molecule has 2 rings (SSSR count). The lowest BCUT2D eigenvalue weighted by molar-refractivity contribution is 0.293. The van der Waals surface area contributed by atoms with Crippen LogP contribution < -0.4 is 4.74 Å². The van der Waals surface area contributed by atoms with E-state index in [1.54, 1.807) is 18.5 Å². The molecule has 2 aromatic rings. The minimum absolute atomic E-state index is 0.131. The Morgan fingerprint density at radius 2 is 1.93 bits per heavy atom. The minimum atomic E-state index is 0.131. The maximum absolute atomic E-state index is 9.02. The first-order chi connectivity index (χ1) is 7.34. The molecular weight excluding hydrogens is 192 g/mol. The highest BCUT2D eigenvalue weighted by Crippen LogP contribution is 2.12. The van der Waals surface area contributed by atoms with Crippen molar-refractivity contribution < 1.29 is 9.84 Å². The molecule has 0 bridgehead atoms. The van der Waals surface area contributed by atoms with Crippen LogP contribution in [0.4, 0.5) is 0 Å². The van der Waals surface area contributed by atoms with E-state index in [0.717, 1.165) is 5.56 Å². The number of aromatic hydroxyl groups is 1. The number of ether oxygens (including phenoxy) is 1. The fourth-order valence-corrected chi connectivity index (χ4v) is 1.09. The van der Waals surface area contributed by atoms with Gasteiger partial charge in [0.15, 0.2) is 0 Å². The van der Waals surface area contributed by atoms with Crippen LogP contribution in [-0.4, -0.2) is 15.1 Å². The van der Waals surface area contributed by atoms with Crippen LogP contribution in [0.1, 0.15) is 5.56 Å². The third kappa shape index (κ3) is 2.67. The summed E-state index contributed by atoms with van der Waals surface area (Å²) in [6.07, 6.45) is 4.77. The highest BCUT2D eigenvalue weighted by Gasteiger charge is 1.96. The summed E-state index contributed by atoms with van der Waals surface area (Å²) in [6.45, 7) is 0.445. The van der Waals surface area contributed by atoms with Crippen molar-refractivity contribution in [1.29, 1.82) is 0 Å². The molecule has 0 aliphatic carbocycles. The first-order valence-corrected chi connectivity index (χ1v) is 4.51. The zero-order chi connectivity index (χ0) is 10.5. The van der Waals surface area contributed by atoms with E-state index in [9.17, 15) is 0 Å². The molecule has 0 fully saturated rings.